The summed E-state index contributed by atoms with van der Waals surface area (Å²) in [4.78, 5) is 13.2. The van der Waals surface area contributed by atoms with Crippen LogP contribution in [-0.4, -0.2) is 10.9 Å². The van der Waals surface area contributed by atoms with E-state index < -0.39 is 6.04 Å². The molecule has 0 saturated carbocycles. The van der Waals surface area contributed by atoms with Gasteiger partial charge in [-0.1, -0.05) is 35.8 Å². The van der Waals surface area contributed by atoms with Crippen LogP contribution in [-0.2, 0) is 4.79 Å². The molecule has 3 N–H and O–H groups in total. The number of hydrogen-bond acceptors (Lipinski definition) is 4. The van der Waals surface area contributed by atoms with Crippen molar-refractivity contribution in [3.63, 3.8) is 0 Å². The van der Waals surface area contributed by atoms with Crippen molar-refractivity contribution in [2.24, 2.45) is 5.41 Å². The lowest BCUT2D eigenvalue weighted by molar-refractivity contribution is -0.118. The average Bonchev–Trinajstić information content (AvgIpc) is 2.72. The molecule has 0 saturated heterocycles. The van der Waals surface area contributed by atoms with Gasteiger partial charge in [-0.15, -0.1) is 0 Å². The number of hydrogen-bond donors (Lipinski definition) is 3. The van der Waals surface area contributed by atoms with Crippen LogP contribution in [0.25, 0.3) is 0 Å². The van der Waals surface area contributed by atoms with Crippen molar-refractivity contribution in [3.05, 3.63) is 63.3 Å². The predicted molar refractivity (Wildman–Crippen MR) is 112 cm³/mol. The Labute approximate surface area is 167 Å². The van der Waals surface area contributed by atoms with Gasteiger partial charge in [-0.3, -0.25) is 4.79 Å². The van der Waals surface area contributed by atoms with Gasteiger partial charge in [-0.2, -0.15) is 0 Å². The van der Waals surface area contributed by atoms with E-state index >= 15 is 0 Å². The maximum atomic E-state index is 13.2. The number of aromatic hydroxyl groups is 1. The third kappa shape index (κ3) is 3.36. The predicted octanol–water partition coefficient (Wildman–Crippen LogP) is 5.69. The fraction of sp³-hybridized carbons (Fsp3) is 0.318. The number of allylic oxidation sites excluding steroid dienone is 1. The van der Waals surface area contributed by atoms with Crippen LogP contribution in [0, 0.1) is 12.3 Å². The Morgan fingerprint density at radius 2 is 1.89 bits per heavy atom. The SMILES string of the molecule is Cc1ccc2c(c1)NC(c1cc(Br)ccc1O)C1=C(CC(C)(C)CC1=O)N2. The van der Waals surface area contributed by atoms with E-state index in [4.69, 9.17) is 0 Å². The molecule has 4 rings (SSSR count). The van der Waals surface area contributed by atoms with E-state index in [2.05, 4.69) is 52.5 Å². The van der Waals surface area contributed by atoms with Crippen LogP contribution in [0.1, 0.15) is 43.9 Å². The summed E-state index contributed by atoms with van der Waals surface area (Å²) >= 11 is 3.49. The van der Waals surface area contributed by atoms with E-state index in [1.54, 1.807) is 12.1 Å². The first kappa shape index (κ1) is 18.1. The van der Waals surface area contributed by atoms with Crippen LogP contribution in [0.3, 0.4) is 0 Å². The van der Waals surface area contributed by atoms with E-state index in [1.165, 1.54) is 0 Å². The third-order valence-electron chi connectivity index (χ3n) is 5.27. The Balaban J connectivity index is 1.93. The number of anilines is 2. The summed E-state index contributed by atoms with van der Waals surface area (Å²) in [5, 5.41) is 17.6. The van der Waals surface area contributed by atoms with Gasteiger partial charge in [0.2, 0.25) is 0 Å². The van der Waals surface area contributed by atoms with Crippen LogP contribution in [0.4, 0.5) is 11.4 Å². The highest BCUT2D eigenvalue weighted by molar-refractivity contribution is 9.10. The highest BCUT2D eigenvalue weighted by Crippen LogP contribution is 2.47. The van der Waals surface area contributed by atoms with E-state index in [9.17, 15) is 9.90 Å². The molecule has 1 heterocycles. The van der Waals surface area contributed by atoms with Crippen LogP contribution in [0.5, 0.6) is 5.75 Å². The second kappa shape index (κ2) is 6.41. The number of carbonyl (C=O) groups excluding carboxylic acids is 1. The van der Waals surface area contributed by atoms with Crippen molar-refractivity contribution in [1.29, 1.82) is 0 Å². The molecular formula is C22H23BrN2O2. The quantitative estimate of drug-likeness (QED) is 0.548. The van der Waals surface area contributed by atoms with E-state index in [0.29, 0.717) is 12.0 Å². The highest BCUT2D eigenvalue weighted by atomic mass is 79.9. The summed E-state index contributed by atoms with van der Waals surface area (Å²) in [6.07, 6.45) is 1.28. The molecule has 1 aliphatic heterocycles. The molecule has 2 aliphatic rings. The second-order valence-electron chi connectivity index (χ2n) is 8.29. The lowest BCUT2D eigenvalue weighted by Crippen LogP contribution is -2.31. The average molecular weight is 427 g/mol. The Morgan fingerprint density at radius 1 is 1.11 bits per heavy atom. The number of ketones is 1. The maximum absolute atomic E-state index is 13.2. The van der Waals surface area contributed by atoms with Gasteiger partial charge in [0.15, 0.2) is 5.78 Å². The monoisotopic (exact) mass is 426 g/mol. The fourth-order valence-electron chi connectivity index (χ4n) is 4.05. The lowest BCUT2D eigenvalue weighted by Gasteiger charge is -2.34. The van der Waals surface area contributed by atoms with Crippen LogP contribution in [0.15, 0.2) is 52.1 Å². The number of phenolic OH excluding ortho intramolecular Hbond substituents is 1. The van der Waals surface area contributed by atoms with Crippen LogP contribution < -0.4 is 10.6 Å². The standard InChI is InChI=1S/C22H23BrN2O2/c1-12-4-6-15-16(8-12)25-21(14-9-13(23)5-7-18(14)26)20-17(24-15)10-22(2,3)11-19(20)27/h4-9,21,24-26H,10-11H2,1-3H3. The van der Waals surface area contributed by atoms with Gasteiger partial charge in [0, 0.05) is 27.7 Å². The maximum Gasteiger partial charge on any atom is 0.163 e. The van der Waals surface area contributed by atoms with Gasteiger partial charge < -0.3 is 15.7 Å². The summed E-state index contributed by atoms with van der Waals surface area (Å²) in [5.41, 5.74) is 5.28. The highest BCUT2D eigenvalue weighted by Gasteiger charge is 2.39. The molecule has 1 aliphatic carbocycles. The molecule has 0 fully saturated rings. The molecule has 2 aromatic rings. The molecule has 2 aromatic carbocycles. The molecule has 4 nitrogen and oxygen atoms in total. The number of fused-ring (bicyclic) bond motifs is 1. The summed E-state index contributed by atoms with van der Waals surface area (Å²) in [6.45, 7) is 6.28. The molecule has 0 aromatic heterocycles. The van der Waals surface area contributed by atoms with Gasteiger partial charge in [-0.25, -0.2) is 0 Å². The second-order valence-corrected chi connectivity index (χ2v) is 9.20. The zero-order chi connectivity index (χ0) is 19.3. The lowest BCUT2D eigenvalue weighted by atomic mass is 9.73. The minimum absolute atomic E-state index is 0.0953. The van der Waals surface area contributed by atoms with Crippen LogP contribution >= 0.6 is 15.9 Å². The number of aryl methyl sites for hydroxylation is 1. The number of halogens is 1. The normalized spacial score (nSPS) is 20.9. The smallest absolute Gasteiger partial charge is 0.163 e. The molecule has 140 valence electrons. The first-order chi connectivity index (χ1) is 12.7. The van der Waals surface area contributed by atoms with Crippen molar-refractivity contribution in [1.82, 2.24) is 0 Å². The first-order valence-corrected chi connectivity index (χ1v) is 9.92. The number of carbonyl (C=O) groups is 1. The molecule has 0 spiro atoms. The van der Waals surface area contributed by atoms with Gasteiger partial charge >= 0.3 is 0 Å². The Hall–Kier alpha value is -2.27. The molecule has 1 unspecified atom stereocenters. The van der Waals surface area contributed by atoms with Gasteiger partial charge in [0.05, 0.1) is 17.4 Å². The minimum Gasteiger partial charge on any atom is -0.508 e. The first-order valence-electron chi connectivity index (χ1n) is 9.12. The van der Waals surface area contributed by atoms with Crippen LogP contribution in [0.2, 0.25) is 0 Å². The Bertz CT molecular complexity index is 978. The Kier molecular flexibility index (Phi) is 4.30. The molecule has 0 amide bonds. The summed E-state index contributed by atoms with van der Waals surface area (Å²) < 4.78 is 0.865. The topological polar surface area (TPSA) is 61.4 Å². The van der Waals surface area contributed by atoms with E-state index in [1.807, 2.05) is 19.1 Å². The fourth-order valence-corrected chi connectivity index (χ4v) is 4.43. The molecule has 5 heteroatoms. The summed E-state index contributed by atoms with van der Waals surface area (Å²) in [7, 11) is 0. The molecule has 0 radical (unpaired) electrons. The number of phenols is 1. The van der Waals surface area contributed by atoms with Gasteiger partial charge in [0.25, 0.3) is 0 Å². The number of Topliss-reactive ketones (excluding diaryl/α,β-unsaturated/α-hetero) is 1. The van der Waals surface area contributed by atoms with Crippen molar-refractivity contribution in [2.45, 2.75) is 39.7 Å². The number of nitrogens with one attached hydrogen (secondary N) is 2. The minimum atomic E-state index is -0.406. The van der Waals surface area contributed by atoms with Crippen molar-refractivity contribution in [2.75, 3.05) is 10.6 Å². The van der Waals surface area contributed by atoms with E-state index in [-0.39, 0.29) is 16.9 Å². The zero-order valence-corrected chi connectivity index (χ0v) is 17.3. The van der Waals surface area contributed by atoms with Crippen molar-refractivity contribution < 1.29 is 9.90 Å². The zero-order valence-electron chi connectivity index (χ0n) is 15.7. The third-order valence-corrected chi connectivity index (χ3v) is 5.76. The largest absolute Gasteiger partial charge is 0.508 e. The summed E-state index contributed by atoms with van der Waals surface area (Å²) in [5.74, 6) is 0.298. The van der Waals surface area contributed by atoms with E-state index in [0.717, 1.165) is 39.1 Å². The Morgan fingerprint density at radius 3 is 2.67 bits per heavy atom. The number of rotatable bonds is 1. The van der Waals surface area contributed by atoms with Crippen molar-refractivity contribution in [3.8, 4) is 5.75 Å². The molecule has 27 heavy (non-hydrogen) atoms. The van der Waals surface area contributed by atoms with Crippen molar-refractivity contribution >= 4 is 33.1 Å². The van der Waals surface area contributed by atoms with Gasteiger partial charge in [0.1, 0.15) is 5.75 Å². The number of benzene rings is 2. The molecular weight excluding hydrogens is 404 g/mol. The molecule has 0 bridgehead atoms. The summed E-state index contributed by atoms with van der Waals surface area (Å²) in [6, 6.07) is 11.1. The van der Waals surface area contributed by atoms with Gasteiger partial charge in [-0.05, 0) is 54.7 Å². The molecule has 1 atom stereocenters.